The van der Waals surface area contributed by atoms with E-state index >= 15 is 0 Å². The zero-order valence-electron chi connectivity index (χ0n) is 10.0. The molecule has 2 aromatic rings. The molecular weight excluding hydrogens is 306 g/mol. The third kappa shape index (κ3) is 3.91. The van der Waals surface area contributed by atoms with E-state index in [1.807, 2.05) is 0 Å². The smallest absolute Gasteiger partial charge is 0.290 e. The minimum absolute atomic E-state index is 0.0120. The Hall–Kier alpha value is -1.66. The van der Waals surface area contributed by atoms with E-state index < -0.39 is 11.7 Å². The van der Waals surface area contributed by atoms with E-state index in [9.17, 15) is 13.6 Å². The van der Waals surface area contributed by atoms with Gasteiger partial charge in [0.25, 0.3) is 11.7 Å². The highest BCUT2D eigenvalue weighted by molar-refractivity contribution is 7.99. The van der Waals surface area contributed by atoms with E-state index in [1.54, 1.807) is 24.3 Å². The minimum atomic E-state index is -2.64. The molecule has 0 aliphatic heterocycles. The average Bonchev–Trinajstić information content (AvgIpc) is 2.38. The van der Waals surface area contributed by atoms with Crippen molar-refractivity contribution in [2.45, 2.75) is 10.8 Å². The highest BCUT2D eigenvalue weighted by Crippen LogP contribution is 2.27. The number of thioether (sulfide) groups is 1. The van der Waals surface area contributed by atoms with Crippen LogP contribution in [0.5, 0.6) is 0 Å². The second-order valence-corrected chi connectivity index (χ2v) is 5.11. The van der Waals surface area contributed by atoms with E-state index in [2.05, 4.69) is 10.3 Å². The van der Waals surface area contributed by atoms with Crippen molar-refractivity contribution in [1.29, 1.82) is 0 Å². The van der Waals surface area contributed by atoms with Gasteiger partial charge in [0.2, 0.25) is 0 Å². The van der Waals surface area contributed by atoms with E-state index in [-0.39, 0.29) is 22.4 Å². The second-order valence-electron chi connectivity index (χ2n) is 3.70. The number of hydrogen-bond donors (Lipinski definition) is 1. The number of nitrogens with zero attached hydrogens (tertiary/aromatic N) is 1. The second kappa shape index (κ2) is 6.67. The Morgan fingerprint density at radius 2 is 2.10 bits per heavy atom. The van der Waals surface area contributed by atoms with Gasteiger partial charge in [-0.15, -0.1) is 0 Å². The number of benzene rings is 1. The molecule has 1 amide bonds. The van der Waals surface area contributed by atoms with Gasteiger partial charge in [0, 0.05) is 16.9 Å². The van der Waals surface area contributed by atoms with E-state index in [0.717, 1.165) is 0 Å². The molecule has 0 radical (unpaired) electrons. The summed E-state index contributed by atoms with van der Waals surface area (Å²) in [5.41, 5.74) is 0.581. The van der Waals surface area contributed by atoms with Gasteiger partial charge < -0.3 is 5.32 Å². The lowest BCUT2D eigenvalue weighted by Crippen LogP contribution is -2.13. The van der Waals surface area contributed by atoms with Gasteiger partial charge in [-0.1, -0.05) is 17.7 Å². The number of carbonyl (C=O) groups is 1. The van der Waals surface area contributed by atoms with Crippen LogP contribution in [-0.2, 0) is 0 Å². The normalized spacial score (nSPS) is 10.6. The maximum absolute atomic E-state index is 12.4. The fourth-order valence-electron chi connectivity index (χ4n) is 1.51. The summed E-state index contributed by atoms with van der Waals surface area (Å²) in [5.74, 6) is -3.15. The van der Waals surface area contributed by atoms with Crippen LogP contribution in [0.2, 0.25) is 5.02 Å². The van der Waals surface area contributed by atoms with Crippen LogP contribution in [0.15, 0.2) is 47.6 Å². The lowest BCUT2D eigenvalue weighted by atomic mass is 10.2. The summed E-state index contributed by atoms with van der Waals surface area (Å²) < 4.78 is 24.8. The first-order valence-corrected chi connectivity index (χ1v) is 6.79. The topological polar surface area (TPSA) is 42.0 Å². The summed E-state index contributed by atoms with van der Waals surface area (Å²) in [4.78, 5) is 15.9. The number of halogens is 3. The molecule has 1 heterocycles. The first-order chi connectivity index (χ1) is 9.56. The molecule has 0 aliphatic rings. The van der Waals surface area contributed by atoms with Gasteiger partial charge in [-0.3, -0.25) is 4.79 Å². The summed E-state index contributed by atoms with van der Waals surface area (Å²) in [6, 6.07) is 9.52. The summed E-state index contributed by atoms with van der Waals surface area (Å²) in [7, 11) is 0. The Morgan fingerprint density at radius 3 is 2.80 bits per heavy atom. The van der Waals surface area contributed by atoms with Crippen LogP contribution in [-0.4, -0.2) is 16.6 Å². The van der Waals surface area contributed by atoms with Crippen LogP contribution in [0, 0.1) is 0 Å². The SMILES string of the molecule is O=C(Nc1cccc(Cl)c1)c1cccnc1SC(F)F. The number of pyridine rings is 1. The van der Waals surface area contributed by atoms with Gasteiger partial charge in [0.1, 0.15) is 5.03 Å². The van der Waals surface area contributed by atoms with Crippen LogP contribution in [0.1, 0.15) is 10.4 Å². The fraction of sp³-hybridized carbons (Fsp3) is 0.0769. The van der Waals surface area contributed by atoms with Crippen molar-refractivity contribution in [3.63, 3.8) is 0 Å². The van der Waals surface area contributed by atoms with Gasteiger partial charge in [-0.25, -0.2) is 4.98 Å². The number of hydrogen-bond acceptors (Lipinski definition) is 3. The van der Waals surface area contributed by atoms with Crippen LogP contribution >= 0.6 is 23.4 Å². The van der Waals surface area contributed by atoms with Gasteiger partial charge >= 0.3 is 0 Å². The van der Waals surface area contributed by atoms with Crippen molar-refractivity contribution in [3.8, 4) is 0 Å². The molecule has 0 aliphatic carbocycles. The third-order valence-corrected chi connectivity index (χ3v) is 3.26. The van der Waals surface area contributed by atoms with Crippen molar-refractivity contribution < 1.29 is 13.6 Å². The van der Waals surface area contributed by atoms with Crippen molar-refractivity contribution in [3.05, 3.63) is 53.2 Å². The van der Waals surface area contributed by atoms with E-state index in [0.29, 0.717) is 10.7 Å². The highest BCUT2D eigenvalue weighted by Gasteiger charge is 2.16. The maximum atomic E-state index is 12.4. The van der Waals surface area contributed by atoms with Crippen LogP contribution in [0.25, 0.3) is 0 Å². The van der Waals surface area contributed by atoms with Gasteiger partial charge in [-0.2, -0.15) is 8.78 Å². The summed E-state index contributed by atoms with van der Waals surface area (Å²) in [5, 5.41) is 3.05. The Morgan fingerprint density at radius 1 is 1.30 bits per heavy atom. The van der Waals surface area contributed by atoms with Crippen molar-refractivity contribution in [2.24, 2.45) is 0 Å². The molecule has 0 saturated carbocycles. The van der Waals surface area contributed by atoms with Gasteiger partial charge in [-0.05, 0) is 42.1 Å². The molecule has 0 fully saturated rings. The molecule has 104 valence electrons. The number of alkyl halides is 2. The molecule has 2 rings (SSSR count). The van der Waals surface area contributed by atoms with Crippen molar-refractivity contribution in [1.82, 2.24) is 4.98 Å². The van der Waals surface area contributed by atoms with Crippen LogP contribution in [0.4, 0.5) is 14.5 Å². The molecule has 1 aromatic carbocycles. The summed E-state index contributed by atoms with van der Waals surface area (Å²) in [6.07, 6.45) is 1.36. The van der Waals surface area contributed by atoms with Gasteiger partial charge in [0.15, 0.2) is 0 Å². The predicted octanol–water partition coefficient (Wildman–Crippen LogP) is 4.30. The number of anilines is 1. The van der Waals surface area contributed by atoms with E-state index in [4.69, 9.17) is 11.6 Å². The molecule has 1 N–H and O–H groups in total. The number of carbonyl (C=O) groups excluding carboxylic acids is 1. The molecule has 0 bridgehead atoms. The number of aromatic nitrogens is 1. The Labute approximate surface area is 123 Å². The number of rotatable bonds is 4. The first-order valence-electron chi connectivity index (χ1n) is 5.53. The molecule has 0 unspecified atom stereocenters. The minimum Gasteiger partial charge on any atom is -0.322 e. The Bertz CT molecular complexity index is 625. The predicted molar refractivity (Wildman–Crippen MR) is 75.5 cm³/mol. The molecule has 0 spiro atoms. The van der Waals surface area contributed by atoms with Gasteiger partial charge in [0.05, 0.1) is 5.56 Å². The fourth-order valence-corrected chi connectivity index (χ4v) is 2.28. The molecule has 20 heavy (non-hydrogen) atoms. The Kier molecular flexibility index (Phi) is 4.92. The number of amides is 1. The summed E-state index contributed by atoms with van der Waals surface area (Å²) in [6.45, 7) is 0. The molecule has 7 heteroatoms. The lowest BCUT2D eigenvalue weighted by Gasteiger charge is -2.08. The molecule has 3 nitrogen and oxygen atoms in total. The van der Waals surface area contributed by atoms with Crippen molar-refractivity contribution in [2.75, 3.05) is 5.32 Å². The standard InChI is InChI=1S/C13H9ClF2N2OS/c14-8-3-1-4-9(7-8)18-11(19)10-5-2-6-17-12(10)20-13(15)16/h1-7,13H,(H,18,19). The first kappa shape index (κ1) is 14.7. The quantitative estimate of drug-likeness (QED) is 0.855. The van der Waals surface area contributed by atoms with Crippen molar-refractivity contribution >= 4 is 35.0 Å². The average molecular weight is 315 g/mol. The monoisotopic (exact) mass is 314 g/mol. The van der Waals surface area contributed by atoms with E-state index in [1.165, 1.54) is 18.3 Å². The molecule has 0 saturated heterocycles. The largest absolute Gasteiger partial charge is 0.322 e. The highest BCUT2D eigenvalue weighted by atomic mass is 35.5. The Balaban J connectivity index is 2.21. The zero-order chi connectivity index (χ0) is 14.5. The molecular formula is C13H9ClF2N2OS. The third-order valence-electron chi connectivity index (χ3n) is 2.30. The van der Waals surface area contributed by atoms with Crippen LogP contribution in [0.3, 0.4) is 0 Å². The molecule has 1 aromatic heterocycles. The summed E-state index contributed by atoms with van der Waals surface area (Å²) >= 11 is 6.04. The molecule has 0 atom stereocenters. The number of nitrogens with one attached hydrogen (secondary N) is 1. The lowest BCUT2D eigenvalue weighted by molar-refractivity contribution is 0.102. The maximum Gasteiger partial charge on any atom is 0.290 e. The zero-order valence-corrected chi connectivity index (χ0v) is 11.6. The van der Waals surface area contributed by atoms with Crippen LogP contribution < -0.4 is 5.32 Å².